The zero-order valence-corrected chi connectivity index (χ0v) is 18.9. The smallest absolute Gasteiger partial charge is 0.193 e. The summed E-state index contributed by atoms with van der Waals surface area (Å²) in [6.45, 7) is 11.5. The summed E-state index contributed by atoms with van der Waals surface area (Å²) in [4.78, 5) is 13.8. The van der Waals surface area contributed by atoms with Gasteiger partial charge in [-0.3, -0.25) is 0 Å². The Morgan fingerprint density at radius 3 is 2.96 bits per heavy atom. The first-order valence-electron chi connectivity index (χ1n) is 9.45. The summed E-state index contributed by atoms with van der Waals surface area (Å²) in [7, 11) is 2.10. The van der Waals surface area contributed by atoms with Crippen LogP contribution >= 0.6 is 24.0 Å². The van der Waals surface area contributed by atoms with E-state index in [1.807, 2.05) is 12.3 Å². The van der Waals surface area contributed by atoms with E-state index in [1.54, 1.807) is 0 Å². The number of aromatic nitrogens is 1. The minimum Gasteiger partial charge on any atom is -0.375 e. The van der Waals surface area contributed by atoms with E-state index in [0.717, 1.165) is 44.6 Å². The van der Waals surface area contributed by atoms with Gasteiger partial charge in [0.25, 0.3) is 0 Å². The fraction of sp³-hybridized carbons (Fsp3) is 0.684. The molecule has 1 aromatic rings. The highest BCUT2D eigenvalue weighted by molar-refractivity contribution is 14.0. The predicted octanol–water partition coefficient (Wildman–Crippen LogP) is 3.12. The normalized spacial score (nSPS) is 17.6. The number of halogens is 1. The van der Waals surface area contributed by atoms with E-state index in [9.17, 15) is 0 Å². The highest BCUT2D eigenvalue weighted by Crippen LogP contribution is 2.17. The van der Waals surface area contributed by atoms with Gasteiger partial charge in [0.05, 0.1) is 19.3 Å². The number of nitrogens with zero attached hydrogens (tertiary/aromatic N) is 4. The first-order valence-corrected chi connectivity index (χ1v) is 9.45. The maximum absolute atomic E-state index is 5.62. The number of pyridine rings is 1. The number of ether oxygens (including phenoxy) is 1. The molecular formula is C19H34IN5O. The molecule has 0 spiro atoms. The van der Waals surface area contributed by atoms with Crippen LogP contribution in [0.2, 0.25) is 0 Å². The Kier molecular flexibility index (Phi) is 10.9. The lowest BCUT2D eigenvalue weighted by Crippen LogP contribution is -2.41. The first-order chi connectivity index (χ1) is 12.1. The Balaban J connectivity index is 0.00000338. The van der Waals surface area contributed by atoms with Crippen molar-refractivity contribution in [3.63, 3.8) is 0 Å². The number of anilines is 1. The fourth-order valence-electron chi connectivity index (χ4n) is 2.90. The largest absolute Gasteiger partial charge is 0.375 e. The molecule has 1 aromatic heterocycles. The molecule has 0 aromatic carbocycles. The number of hydrogen-bond donors (Lipinski definition) is 1. The van der Waals surface area contributed by atoms with Crippen molar-refractivity contribution in [1.29, 1.82) is 0 Å². The minimum absolute atomic E-state index is 0. The summed E-state index contributed by atoms with van der Waals surface area (Å²) >= 11 is 0. The summed E-state index contributed by atoms with van der Waals surface area (Å²) in [5, 5.41) is 3.38. The number of aliphatic imine (C=N–C) groups is 1. The Morgan fingerprint density at radius 1 is 1.46 bits per heavy atom. The first kappa shape index (κ1) is 23.0. The summed E-state index contributed by atoms with van der Waals surface area (Å²) < 4.78 is 5.62. The third-order valence-corrected chi connectivity index (χ3v) is 4.33. The molecule has 2 heterocycles. The van der Waals surface area contributed by atoms with Crippen LogP contribution in [0.4, 0.5) is 5.82 Å². The fourth-order valence-corrected chi connectivity index (χ4v) is 2.90. The molecular weight excluding hydrogens is 441 g/mol. The highest BCUT2D eigenvalue weighted by Gasteiger charge is 2.18. The maximum atomic E-state index is 5.62. The molecule has 0 saturated carbocycles. The quantitative estimate of drug-likeness (QED) is 0.373. The van der Waals surface area contributed by atoms with E-state index in [2.05, 4.69) is 54.0 Å². The molecule has 0 aliphatic carbocycles. The molecule has 6 nitrogen and oxygen atoms in total. The van der Waals surface area contributed by atoms with Gasteiger partial charge in [0.2, 0.25) is 0 Å². The van der Waals surface area contributed by atoms with Crippen LogP contribution in [0.1, 0.15) is 39.2 Å². The van der Waals surface area contributed by atoms with Gasteiger partial charge in [0, 0.05) is 39.4 Å². The molecule has 1 unspecified atom stereocenters. The lowest BCUT2D eigenvalue weighted by Gasteiger charge is -2.32. The van der Waals surface area contributed by atoms with Crippen molar-refractivity contribution in [2.75, 3.05) is 44.7 Å². The predicted molar refractivity (Wildman–Crippen MR) is 120 cm³/mol. The monoisotopic (exact) mass is 475 g/mol. The Morgan fingerprint density at radius 2 is 2.27 bits per heavy atom. The summed E-state index contributed by atoms with van der Waals surface area (Å²) in [5.74, 6) is 1.99. The maximum Gasteiger partial charge on any atom is 0.193 e. The highest BCUT2D eigenvalue weighted by atomic mass is 127. The number of morpholine rings is 1. The molecule has 1 aliphatic rings. The molecule has 1 saturated heterocycles. The van der Waals surface area contributed by atoms with Crippen LogP contribution in [-0.4, -0.2) is 61.8 Å². The third-order valence-electron chi connectivity index (χ3n) is 4.33. The van der Waals surface area contributed by atoms with Crippen LogP contribution in [0, 0.1) is 0 Å². The molecule has 1 N–H and O–H groups in total. The standard InChI is InChI=1S/C19H33N5O.HI/c1-5-7-10-23(4)19(20-6-2)22-14-17-8-9-21-18(13-17)24-11-12-25-16(3)15-24;/h8-9,13,16H,5-7,10-12,14-15H2,1-4H3,(H,20,22);1H. The average molecular weight is 475 g/mol. The second kappa shape index (κ2) is 12.3. The molecule has 0 bridgehead atoms. The van der Waals surface area contributed by atoms with Gasteiger partial charge in [0.15, 0.2) is 5.96 Å². The molecule has 0 radical (unpaired) electrons. The van der Waals surface area contributed by atoms with Gasteiger partial charge < -0.3 is 19.9 Å². The van der Waals surface area contributed by atoms with Crippen LogP contribution in [0.25, 0.3) is 0 Å². The number of guanidine groups is 1. The van der Waals surface area contributed by atoms with Crippen molar-refractivity contribution in [3.8, 4) is 0 Å². The summed E-state index contributed by atoms with van der Waals surface area (Å²) in [5.41, 5.74) is 1.18. The zero-order chi connectivity index (χ0) is 18.1. The van der Waals surface area contributed by atoms with Gasteiger partial charge in [-0.1, -0.05) is 13.3 Å². The summed E-state index contributed by atoms with van der Waals surface area (Å²) in [6.07, 6.45) is 4.50. The average Bonchev–Trinajstić information content (AvgIpc) is 2.63. The number of rotatable bonds is 7. The Bertz CT molecular complexity index is 554. The van der Waals surface area contributed by atoms with E-state index in [4.69, 9.17) is 9.73 Å². The van der Waals surface area contributed by atoms with Crippen molar-refractivity contribution in [3.05, 3.63) is 23.9 Å². The van der Waals surface area contributed by atoms with Crippen LogP contribution in [0.15, 0.2) is 23.3 Å². The van der Waals surface area contributed by atoms with Crippen LogP contribution < -0.4 is 10.2 Å². The molecule has 2 rings (SSSR count). The van der Waals surface area contributed by atoms with E-state index in [-0.39, 0.29) is 30.1 Å². The van der Waals surface area contributed by atoms with Crippen molar-refractivity contribution in [1.82, 2.24) is 15.2 Å². The molecule has 26 heavy (non-hydrogen) atoms. The SMILES string of the molecule is CCCCN(C)C(=NCc1ccnc(N2CCOC(C)C2)c1)NCC.I. The third kappa shape index (κ3) is 7.26. The Labute approximate surface area is 175 Å². The number of hydrogen-bond acceptors (Lipinski definition) is 4. The van der Waals surface area contributed by atoms with Gasteiger partial charge in [-0.25, -0.2) is 9.98 Å². The van der Waals surface area contributed by atoms with Gasteiger partial charge in [-0.05, 0) is 38.0 Å². The lowest BCUT2D eigenvalue weighted by molar-refractivity contribution is 0.0529. The topological polar surface area (TPSA) is 53.0 Å². The number of nitrogens with one attached hydrogen (secondary N) is 1. The Hall–Kier alpha value is -1.09. The van der Waals surface area contributed by atoms with Crippen molar-refractivity contribution < 1.29 is 4.74 Å². The lowest BCUT2D eigenvalue weighted by atomic mass is 10.2. The van der Waals surface area contributed by atoms with Crippen molar-refractivity contribution >= 4 is 35.8 Å². The molecule has 148 valence electrons. The van der Waals surface area contributed by atoms with E-state index in [1.165, 1.54) is 18.4 Å². The van der Waals surface area contributed by atoms with E-state index in [0.29, 0.717) is 6.54 Å². The second-order valence-electron chi connectivity index (χ2n) is 6.59. The number of unbranched alkanes of at least 4 members (excludes halogenated alkanes) is 1. The molecule has 7 heteroatoms. The van der Waals surface area contributed by atoms with Crippen molar-refractivity contribution in [2.45, 2.75) is 46.3 Å². The second-order valence-corrected chi connectivity index (χ2v) is 6.59. The van der Waals surface area contributed by atoms with Gasteiger partial charge in [0.1, 0.15) is 5.82 Å². The minimum atomic E-state index is 0. The van der Waals surface area contributed by atoms with E-state index < -0.39 is 0 Å². The van der Waals surface area contributed by atoms with Crippen LogP contribution in [-0.2, 0) is 11.3 Å². The van der Waals surface area contributed by atoms with Crippen LogP contribution in [0.5, 0.6) is 0 Å². The van der Waals surface area contributed by atoms with Gasteiger partial charge >= 0.3 is 0 Å². The molecule has 0 amide bonds. The summed E-state index contributed by atoms with van der Waals surface area (Å²) in [6, 6.07) is 4.20. The van der Waals surface area contributed by atoms with Gasteiger partial charge in [-0.15, -0.1) is 24.0 Å². The molecule has 1 aliphatic heterocycles. The van der Waals surface area contributed by atoms with Gasteiger partial charge in [-0.2, -0.15) is 0 Å². The van der Waals surface area contributed by atoms with E-state index >= 15 is 0 Å². The molecule has 1 fully saturated rings. The zero-order valence-electron chi connectivity index (χ0n) is 16.6. The van der Waals surface area contributed by atoms with Crippen LogP contribution in [0.3, 0.4) is 0 Å². The van der Waals surface area contributed by atoms with Crippen molar-refractivity contribution in [2.24, 2.45) is 4.99 Å². The molecule has 1 atom stereocenters.